The quantitative estimate of drug-likeness (QED) is 0.316. The van der Waals surface area contributed by atoms with Gasteiger partial charge in [0.05, 0.1) is 11.1 Å². The van der Waals surface area contributed by atoms with Gasteiger partial charge in [0, 0.05) is 18.5 Å². The number of carbonyl (C=O) groups is 2. The summed E-state index contributed by atoms with van der Waals surface area (Å²) in [5.41, 5.74) is 3.07. The molecule has 2 aromatic carbocycles. The third kappa shape index (κ3) is 5.24. The summed E-state index contributed by atoms with van der Waals surface area (Å²) >= 11 is 5.83. The predicted octanol–water partition coefficient (Wildman–Crippen LogP) is 2.57. The smallest absolute Gasteiger partial charge is 0.308 e. The molecule has 0 radical (unpaired) electrons. The fourth-order valence-electron chi connectivity index (χ4n) is 3.06. The molecule has 0 bridgehead atoms. The van der Waals surface area contributed by atoms with Crippen molar-refractivity contribution in [1.82, 2.24) is 9.73 Å². The van der Waals surface area contributed by atoms with Crippen molar-refractivity contribution in [2.45, 2.75) is 30.7 Å². The van der Waals surface area contributed by atoms with E-state index < -0.39 is 27.9 Å². The third-order valence-corrected chi connectivity index (χ3v) is 6.63. The van der Waals surface area contributed by atoms with Crippen LogP contribution in [0.5, 0.6) is 5.75 Å². The van der Waals surface area contributed by atoms with Crippen LogP contribution in [0.1, 0.15) is 25.3 Å². The number of esters is 1. The van der Waals surface area contributed by atoms with Crippen molar-refractivity contribution in [2.75, 3.05) is 6.54 Å². The van der Waals surface area contributed by atoms with Crippen molar-refractivity contribution in [3.63, 3.8) is 0 Å². The summed E-state index contributed by atoms with van der Waals surface area (Å²) in [6.07, 6.45) is 2.40. The van der Waals surface area contributed by atoms with Crippen molar-refractivity contribution in [3.8, 4) is 5.75 Å². The van der Waals surface area contributed by atoms with Crippen LogP contribution in [0.3, 0.4) is 0 Å². The van der Waals surface area contributed by atoms with Crippen molar-refractivity contribution < 1.29 is 22.7 Å². The first kappa shape index (κ1) is 21.9. The summed E-state index contributed by atoms with van der Waals surface area (Å²) in [5, 5.41) is 4.34. The molecule has 1 heterocycles. The lowest BCUT2D eigenvalue weighted by Crippen LogP contribution is -2.44. The molecule has 8 nitrogen and oxygen atoms in total. The minimum absolute atomic E-state index is 0.0861. The number of hydrogen-bond acceptors (Lipinski definition) is 6. The molecule has 2 aromatic rings. The van der Waals surface area contributed by atoms with E-state index in [1.807, 2.05) is 0 Å². The van der Waals surface area contributed by atoms with E-state index in [4.69, 9.17) is 16.3 Å². The Kier molecular flexibility index (Phi) is 6.86. The first-order chi connectivity index (χ1) is 14.3. The summed E-state index contributed by atoms with van der Waals surface area (Å²) in [4.78, 5) is 23.6. The number of sulfonamides is 1. The van der Waals surface area contributed by atoms with Crippen LogP contribution in [-0.2, 0) is 19.6 Å². The molecule has 1 amide bonds. The molecule has 0 spiro atoms. The van der Waals surface area contributed by atoms with Crippen LogP contribution < -0.4 is 10.2 Å². The van der Waals surface area contributed by atoms with E-state index in [0.29, 0.717) is 29.2 Å². The monoisotopic (exact) mass is 449 g/mol. The first-order valence-electron chi connectivity index (χ1n) is 9.16. The molecular formula is C20H20ClN3O5S. The van der Waals surface area contributed by atoms with E-state index in [2.05, 4.69) is 10.5 Å². The van der Waals surface area contributed by atoms with E-state index >= 15 is 0 Å². The Morgan fingerprint density at radius 2 is 1.83 bits per heavy atom. The molecule has 0 saturated carbocycles. The van der Waals surface area contributed by atoms with Crippen molar-refractivity contribution in [2.24, 2.45) is 5.10 Å². The maximum Gasteiger partial charge on any atom is 0.308 e. The Labute approximate surface area is 179 Å². The number of ether oxygens (including phenoxy) is 1. The highest BCUT2D eigenvalue weighted by Crippen LogP contribution is 2.27. The highest BCUT2D eigenvalue weighted by atomic mass is 35.5. The van der Waals surface area contributed by atoms with E-state index in [0.717, 1.165) is 0 Å². The zero-order valence-electron chi connectivity index (χ0n) is 16.1. The van der Waals surface area contributed by atoms with Gasteiger partial charge in [-0.05, 0) is 66.9 Å². The third-order valence-electron chi connectivity index (χ3n) is 4.46. The molecule has 1 N–H and O–H groups in total. The molecule has 3 rings (SSSR count). The summed E-state index contributed by atoms with van der Waals surface area (Å²) in [7, 11) is -3.82. The van der Waals surface area contributed by atoms with Crippen molar-refractivity contribution >= 4 is 39.7 Å². The SMILES string of the molecule is CC(=O)Oc1ccc(/C=N\NC(=O)[C@@H]2CCCN2S(=O)(=O)c2ccc(Cl)cc2)cc1. The van der Waals surface area contributed by atoms with Gasteiger partial charge >= 0.3 is 5.97 Å². The molecule has 1 aliphatic rings. The van der Waals surface area contributed by atoms with Crippen molar-refractivity contribution in [1.29, 1.82) is 0 Å². The van der Waals surface area contributed by atoms with E-state index in [1.54, 1.807) is 24.3 Å². The lowest BCUT2D eigenvalue weighted by atomic mass is 10.2. The van der Waals surface area contributed by atoms with Crippen LogP contribution in [0.4, 0.5) is 0 Å². The van der Waals surface area contributed by atoms with Crippen LogP contribution in [0, 0.1) is 0 Å². The van der Waals surface area contributed by atoms with Gasteiger partial charge in [0.25, 0.3) is 5.91 Å². The molecule has 1 aliphatic heterocycles. The molecular weight excluding hydrogens is 430 g/mol. The minimum Gasteiger partial charge on any atom is -0.427 e. The van der Waals surface area contributed by atoms with Gasteiger partial charge in [-0.3, -0.25) is 9.59 Å². The number of rotatable bonds is 6. The van der Waals surface area contributed by atoms with E-state index in [9.17, 15) is 18.0 Å². The topological polar surface area (TPSA) is 105 Å². The Balaban J connectivity index is 1.65. The molecule has 0 unspecified atom stereocenters. The number of hydrogen-bond donors (Lipinski definition) is 1. The number of halogens is 1. The number of benzene rings is 2. The summed E-state index contributed by atoms with van der Waals surface area (Å²) in [6.45, 7) is 1.56. The van der Waals surface area contributed by atoms with E-state index in [-0.39, 0.29) is 11.4 Å². The summed E-state index contributed by atoms with van der Waals surface area (Å²) in [6, 6.07) is 11.5. The number of hydrazone groups is 1. The second kappa shape index (κ2) is 9.38. The van der Waals surface area contributed by atoms with Gasteiger partial charge in [0.15, 0.2) is 0 Å². The maximum atomic E-state index is 12.9. The molecule has 0 aromatic heterocycles. The fourth-order valence-corrected chi connectivity index (χ4v) is 4.85. The Bertz CT molecular complexity index is 1050. The van der Waals surface area contributed by atoms with Crippen LogP contribution in [0.2, 0.25) is 5.02 Å². The van der Waals surface area contributed by atoms with Crippen LogP contribution in [-0.4, -0.2) is 43.4 Å². The molecule has 158 valence electrons. The number of carbonyl (C=O) groups excluding carboxylic acids is 2. The molecule has 1 fully saturated rings. The summed E-state index contributed by atoms with van der Waals surface area (Å²) in [5.74, 6) is -0.520. The molecule has 30 heavy (non-hydrogen) atoms. The van der Waals surface area contributed by atoms with Crippen LogP contribution in [0.25, 0.3) is 0 Å². The largest absolute Gasteiger partial charge is 0.427 e. The Morgan fingerprint density at radius 3 is 2.47 bits per heavy atom. The van der Waals surface area contributed by atoms with Gasteiger partial charge in [0.1, 0.15) is 11.8 Å². The lowest BCUT2D eigenvalue weighted by molar-refractivity contribution is -0.131. The Morgan fingerprint density at radius 1 is 1.17 bits per heavy atom. The second-order valence-corrected chi connectivity index (χ2v) is 8.95. The van der Waals surface area contributed by atoms with Gasteiger partial charge in [-0.1, -0.05) is 11.6 Å². The molecule has 10 heteroatoms. The minimum atomic E-state index is -3.82. The van der Waals surface area contributed by atoms with Crippen molar-refractivity contribution in [3.05, 3.63) is 59.1 Å². The molecule has 1 atom stereocenters. The number of nitrogens with zero attached hydrogens (tertiary/aromatic N) is 2. The zero-order chi connectivity index (χ0) is 21.7. The zero-order valence-corrected chi connectivity index (χ0v) is 17.7. The number of amides is 1. The van der Waals surface area contributed by atoms with Gasteiger partial charge in [-0.25, -0.2) is 13.8 Å². The van der Waals surface area contributed by atoms with Crippen LogP contribution in [0.15, 0.2) is 58.5 Å². The van der Waals surface area contributed by atoms with Crippen LogP contribution >= 0.6 is 11.6 Å². The first-order valence-corrected chi connectivity index (χ1v) is 11.0. The standard InChI is InChI=1S/C20H20ClN3O5S/c1-14(25)29-17-8-4-15(5-9-17)13-22-23-20(26)19-3-2-12-24(19)30(27,28)18-10-6-16(21)7-11-18/h4-11,13,19H,2-3,12H2,1H3,(H,23,26)/b22-13-/t19-/m0/s1. The Hall–Kier alpha value is -2.75. The van der Waals surface area contributed by atoms with Gasteiger partial charge in [0.2, 0.25) is 10.0 Å². The molecule has 1 saturated heterocycles. The highest BCUT2D eigenvalue weighted by Gasteiger charge is 2.39. The maximum absolute atomic E-state index is 12.9. The lowest BCUT2D eigenvalue weighted by Gasteiger charge is -2.22. The number of nitrogens with one attached hydrogen (secondary N) is 1. The average molecular weight is 450 g/mol. The van der Waals surface area contributed by atoms with Gasteiger partial charge in [-0.15, -0.1) is 0 Å². The van der Waals surface area contributed by atoms with Gasteiger partial charge < -0.3 is 4.74 Å². The molecule has 0 aliphatic carbocycles. The van der Waals surface area contributed by atoms with Gasteiger partial charge in [-0.2, -0.15) is 9.41 Å². The fraction of sp³-hybridized carbons (Fsp3) is 0.250. The van der Waals surface area contributed by atoms with E-state index in [1.165, 1.54) is 41.7 Å². The second-order valence-electron chi connectivity index (χ2n) is 6.62. The normalized spacial score (nSPS) is 17.2. The average Bonchev–Trinajstić information content (AvgIpc) is 3.20. The predicted molar refractivity (Wildman–Crippen MR) is 112 cm³/mol. The highest BCUT2D eigenvalue weighted by molar-refractivity contribution is 7.89. The summed E-state index contributed by atoms with van der Waals surface area (Å²) < 4.78 is 31.9.